The molecule has 6 heteroatoms. The highest BCUT2D eigenvalue weighted by molar-refractivity contribution is 5.77. The predicted molar refractivity (Wildman–Crippen MR) is 93.8 cm³/mol. The fraction of sp³-hybridized carbons (Fsp3) is 0.316. The van der Waals surface area contributed by atoms with E-state index in [4.69, 9.17) is 4.74 Å². The van der Waals surface area contributed by atoms with Crippen molar-refractivity contribution in [1.82, 2.24) is 9.88 Å². The molecule has 128 valence electrons. The van der Waals surface area contributed by atoms with Crippen molar-refractivity contribution in [2.45, 2.75) is 6.61 Å². The highest BCUT2D eigenvalue weighted by Gasteiger charge is 2.23. The smallest absolute Gasteiger partial charge is 0.248 e. The van der Waals surface area contributed by atoms with Crippen LogP contribution in [0.5, 0.6) is 0 Å². The molecule has 6 nitrogen and oxygen atoms in total. The molecule has 3 rings (SSSR count). The summed E-state index contributed by atoms with van der Waals surface area (Å²) in [5, 5.41) is 9.18. The van der Waals surface area contributed by atoms with Crippen molar-refractivity contribution in [3.8, 4) is 6.07 Å². The Morgan fingerprint density at radius 3 is 2.60 bits per heavy atom. The van der Waals surface area contributed by atoms with Gasteiger partial charge in [-0.25, -0.2) is 4.98 Å². The van der Waals surface area contributed by atoms with Gasteiger partial charge in [0.1, 0.15) is 18.5 Å². The van der Waals surface area contributed by atoms with Crippen LogP contribution in [0.25, 0.3) is 0 Å². The van der Waals surface area contributed by atoms with E-state index in [0.717, 1.165) is 5.56 Å². The molecule has 1 fully saturated rings. The van der Waals surface area contributed by atoms with Crippen molar-refractivity contribution >= 4 is 11.7 Å². The summed E-state index contributed by atoms with van der Waals surface area (Å²) in [5.74, 6) is 0.689. The molecule has 1 aromatic carbocycles. The zero-order valence-corrected chi connectivity index (χ0v) is 14.0. The molecule has 0 spiro atoms. The number of ether oxygens (including phenoxy) is 1. The Hall–Kier alpha value is -2.91. The van der Waals surface area contributed by atoms with Crippen LogP contribution in [-0.2, 0) is 16.1 Å². The molecule has 2 aromatic rings. The van der Waals surface area contributed by atoms with Gasteiger partial charge in [-0.15, -0.1) is 0 Å². The first kappa shape index (κ1) is 16.9. The second kappa shape index (κ2) is 8.27. The standard InChI is InChI=1S/C19H20N4O2/c20-13-17-7-4-8-21-19(17)23-11-9-22(10-12-23)18(24)15-25-14-16-5-2-1-3-6-16/h1-8H,9-12,14-15H2. The van der Waals surface area contributed by atoms with E-state index in [1.807, 2.05) is 35.2 Å². The monoisotopic (exact) mass is 336 g/mol. The molecule has 1 amide bonds. The molecule has 1 aliphatic rings. The second-order valence-corrected chi connectivity index (χ2v) is 5.83. The molecular formula is C19H20N4O2. The second-order valence-electron chi connectivity index (χ2n) is 5.83. The summed E-state index contributed by atoms with van der Waals surface area (Å²) in [7, 11) is 0. The third kappa shape index (κ3) is 4.34. The van der Waals surface area contributed by atoms with Crippen LogP contribution in [-0.4, -0.2) is 48.6 Å². The van der Waals surface area contributed by atoms with Crippen LogP contribution in [0.4, 0.5) is 5.82 Å². The van der Waals surface area contributed by atoms with Gasteiger partial charge in [0.05, 0.1) is 12.2 Å². The minimum atomic E-state index is -0.00268. The Balaban J connectivity index is 1.47. The zero-order chi connectivity index (χ0) is 17.5. The normalized spacial score (nSPS) is 14.2. The number of carbonyl (C=O) groups is 1. The maximum atomic E-state index is 12.3. The first-order chi connectivity index (χ1) is 12.3. The number of benzene rings is 1. The Kier molecular flexibility index (Phi) is 5.60. The predicted octanol–water partition coefficient (Wildman–Crippen LogP) is 1.82. The van der Waals surface area contributed by atoms with Crippen molar-refractivity contribution in [3.05, 3.63) is 59.8 Å². The van der Waals surface area contributed by atoms with Gasteiger partial charge in [0, 0.05) is 32.4 Å². The van der Waals surface area contributed by atoms with Crippen molar-refractivity contribution in [3.63, 3.8) is 0 Å². The molecule has 1 aromatic heterocycles. The number of carbonyl (C=O) groups excluding carboxylic acids is 1. The van der Waals surface area contributed by atoms with E-state index in [1.165, 1.54) is 0 Å². The topological polar surface area (TPSA) is 69.5 Å². The Morgan fingerprint density at radius 2 is 1.88 bits per heavy atom. The van der Waals surface area contributed by atoms with Gasteiger partial charge < -0.3 is 14.5 Å². The molecule has 0 atom stereocenters. The highest BCUT2D eigenvalue weighted by atomic mass is 16.5. The SMILES string of the molecule is N#Cc1cccnc1N1CCN(C(=O)COCc2ccccc2)CC1. The largest absolute Gasteiger partial charge is 0.367 e. The first-order valence-electron chi connectivity index (χ1n) is 8.27. The summed E-state index contributed by atoms with van der Waals surface area (Å²) in [6.45, 7) is 3.06. The van der Waals surface area contributed by atoms with Crippen molar-refractivity contribution < 1.29 is 9.53 Å². The number of amides is 1. The number of anilines is 1. The van der Waals surface area contributed by atoms with Crippen molar-refractivity contribution in [2.75, 3.05) is 37.7 Å². The van der Waals surface area contributed by atoms with Gasteiger partial charge in [-0.2, -0.15) is 5.26 Å². The fourth-order valence-electron chi connectivity index (χ4n) is 2.83. The maximum Gasteiger partial charge on any atom is 0.248 e. The summed E-state index contributed by atoms with van der Waals surface area (Å²) in [6, 6.07) is 15.5. The number of nitrogens with zero attached hydrogens (tertiary/aromatic N) is 4. The lowest BCUT2D eigenvalue weighted by Gasteiger charge is -2.35. The zero-order valence-electron chi connectivity index (χ0n) is 14.0. The third-order valence-electron chi connectivity index (χ3n) is 4.18. The molecule has 0 N–H and O–H groups in total. The van der Waals surface area contributed by atoms with Crippen LogP contribution in [0.15, 0.2) is 48.7 Å². The number of rotatable bonds is 5. The molecule has 25 heavy (non-hydrogen) atoms. The van der Waals surface area contributed by atoms with Crippen LogP contribution in [0.1, 0.15) is 11.1 Å². The number of pyridine rings is 1. The summed E-state index contributed by atoms with van der Waals surface area (Å²) in [5.41, 5.74) is 1.62. The van der Waals surface area contributed by atoms with Crippen LogP contribution < -0.4 is 4.90 Å². The van der Waals surface area contributed by atoms with E-state index in [1.54, 1.807) is 23.2 Å². The van der Waals surface area contributed by atoms with E-state index >= 15 is 0 Å². The van der Waals surface area contributed by atoms with E-state index in [0.29, 0.717) is 44.2 Å². The van der Waals surface area contributed by atoms with E-state index < -0.39 is 0 Å². The van der Waals surface area contributed by atoms with Crippen LogP contribution in [0.2, 0.25) is 0 Å². The maximum absolute atomic E-state index is 12.3. The average molecular weight is 336 g/mol. The lowest BCUT2D eigenvalue weighted by Crippen LogP contribution is -2.50. The van der Waals surface area contributed by atoms with Gasteiger partial charge in [0.15, 0.2) is 0 Å². The molecule has 1 aliphatic heterocycles. The molecule has 0 bridgehead atoms. The Morgan fingerprint density at radius 1 is 1.12 bits per heavy atom. The van der Waals surface area contributed by atoms with Gasteiger partial charge >= 0.3 is 0 Å². The molecule has 2 heterocycles. The lowest BCUT2D eigenvalue weighted by atomic mass is 10.2. The van der Waals surface area contributed by atoms with Gasteiger partial charge in [0.25, 0.3) is 0 Å². The van der Waals surface area contributed by atoms with Gasteiger partial charge in [-0.3, -0.25) is 4.79 Å². The Bertz CT molecular complexity index is 750. The first-order valence-corrected chi connectivity index (χ1v) is 8.27. The number of aromatic nitrogens is 1. The summed E-state index contributed by atoms with van der Waals surface area (Å²) >= 11 is 0. The minimum Gasteiger partial charge on any atom is -0.367 e. The molecule has 0 unspecified atom stereocenters. The molecular weight excluding hydrogens is 316 g/mol. The number of hydrogen-bond acceptors (Lipinski definition) is 5. The molecule has 1 saturated heterocycles. The third-order valence-corrected chi connectivity index (χ3v) is 4.18. The quantitative estimate of drug-likeness (QED) is 0.833. The highest BCUT2D eigenvalue weighted by Crippen LogP contribution is 2.18. The summed E-state index contributed by atoms with van der Waals surface area (Å²) in [6.07, 6.45) is 1.69. The van der Waals surface area contributed by atoms with Gasteiger partial charge in [-0.05, 0) is 17.7 Å². The van der Waals surface area contributed by atoms with Crippen LogP contribution in [0.3, 0.4) is 0 Å². The van der Waals surface area contributed by atoms with E-state index in [2.05, 4.69) is 11.1 Å². The number of nitriles is 1. The van der Waals surface area contributed by atoms with Crippen LogP contribution in [0, 0.1) is 11.3 Å². The molecule has 0 saturated carbocycles. The lowest BCUT2D eigenvalue weighted by molar-refractivity contribution is -0.136. The van der Waals surface area contributed by atoms with Gasteiger partial charge in [-0.1, -0.05) is 30.3 Å². The van der Waals surface area contributed by atoms with E-state index in [9.17, 15) is 10.1 Å². The number of hydrogen-bond donors (Lipinski definition) is 0. The Labute approximate surface area is 147 Å². The van der Waals surface area contributed by atoms with Gasteiger partial charge in [0.2, 0.25) is 5.91 Å². The summed E-state index contributed by atoms with van der Waals surface area (Å²) in [4.78, 5) is 20.4. The molecule has 0 aliphatic carbocycles. The summed E-state index contributed by atoms with van der Waals surface area (Å²) < 4.78 is 5.52. The fourth-order valence-corrected chi connectivity index (χ4v) is 2.83. The van der Waals surface area contributed by atoms with Crippen molar-refractivity contribution in [2.24, 2.45) is 0 Å². The van der Waals surface area contributed by atoms with Crippen molar-refractivity contribution in [1.29, 1.82) is 5.26 Å². The number of piperazine rings is 1. The van der Waals surface area contributed by atoms with Crippen LogP contribution >= 0.6 is 0 Å². The molecule has 0 radical (unpaired) electrons. The van der Waals surface area contributed by atoms with E-state index in [-0.39, 0.29) is 12.5 Å². The average Bonchev–Trinajstić information content (AvgIpc) is 2.69. The minimum absolute atomic E-state index is 0.00268.